The van der Waals surface area contributed by atoms with E-state index in [9.17, 15) is 4.79 Å². The fourth-order valence-corrected chi connectivity index (χ4v) is 4.14. The Balaban J connectivity index is 1.28. The maximum Gasteiger partial charge on any atom is 0.230 e. The predicted molar refractivity (Wildman–Crippen MR) is 105 cm³/mol. The average molecular weight is 384 g/mol. The highest BCUT2D eigenvalue weighted by molar-refractivity contribution is 5.78. The van der Waals surface area contributed by atoms with Crippen molar-refractivity contribution in [3.63, 3.8) is 0 Å². The van der Waals surface area contributed by atoms with E-state index in [1.54, 1.807) is 7.11 Å². The van der Waals surface area contributed by atoms with Crippen LogP contribution < -0.4 is 15.4 Å². The molecule has 7 heteroatoms. The molecule has 1 saturated heterocycles. The molecular formula is C21H28N4O3. The quantitative estimate of drug-likeness (QED) is 0.796. The van der Waals surface area contributed by atoms with E-state index in [0.717, 1.165) is 63.1 Å². The topological polar surface area (TPSA) is 89.3 Å². The number of carbonyl (C=O) groups excluding carboxylic acids is 1. The molecule has 150 valence electrons. The van der Waals surface area contributed by atoms with Crippen LogP contribution in [0, 0.1) is 11.8 Å². The highest BCUT2D eigenvalue weighted by atomic mass is 16.5. The molecule has 2 heterocycles. The number of ether oxygens (including phenoxy) is 1. The van der Waals surface area contributed by atoms with E-state index < -0.39 is 0 Å². The van der Waals surface area contributed by atoms with Gasteiger partial charge in [-0.3, -0.25) is 4.79 Å². The molecule has 2 N–H and O–H groups in total. The summed E-state index contributed by atoms with van der Waals surface area (Å²) in [4.78, 5) is 17.0. The van der Waals surface area contributed by atoms with Gasteiger partial charge in [-0.15, -0.1) is 0 Å². The number of nitrogens with zero attached hydrogens (tertiary/aromatic N) is 2. The van der Waals surface area contributed by atoms with Crippen molar-refractivity contribution in [2.45, 2.75) is 38.0 Å². The van der Waals surface area contributed by atoms with Crippen LogP contribution in [0.3, 0.4) is 0 Å². The van der Waals surface area contributed by atoms with Crippen molar-refractivity contribution in [3.05, 3.63) is 30.2 Å². The summed E-state index contributed by atoms with van der Waals surface area (Å²) in [6, 6.07) is 7.62. The standard InChI is InChI=1S/C21H28N4O3/c1-27-18-8-6-15(7-9-18)19-24-21(28-25-19)17-4-2-16(3-5-17)20(26)23-13-14-10-11-22-12-14/h6-9,14,16-17,22H,2-5,10-13H2,1H3,(H,23,26). The van der Waals surface area contributed by atoms with E-state index in [-0.39, 0.29) is 17.7 Å². The summed E-state index contributed by atoms with van der Waals surface area (Å²) in [7, 11) is 1.64. The van der Waals surface area contributed by atoms with Gasteiger partial charge in [0.1, 0.15) is 5.75 Å². The van der Waals surface area contributed by atoms with Crippen LogP contribution in [0.5, 0.6) is 5.75 Å². The predicted octanol–water partition coefficient (Wildman–Crippen LogP) is 2.74. The van der Waals surface area contributed by atoms with E-state index >= 15 is 0 Å². The second-order valence-corrected chi connectivity index (χ2v) is 7.84. The maximum atomic E-state index is 12.4. The van der Waals surface area contributed by atoms with E-state index in [2.05, 4.69) is 20.8 Å². The Morgan fingerprint density at radius 3 is 2.68 bits per heavy atom. The average Bonchev–Trinajstić information content (AvgIpc) is 3.44. The van der Waals surface area contributed by atoms with E-state index in [1.165, 1.54) is 0 Å². The molecule has 1 aliphatic heterocycles. The lowest BCUT2D eigenvalue weighted by molar-refractivity contribution is -0.126. The highest BCUT2D eigenvalue weighted by Gasteiger charge is 2.30. The summed E-state index contributed by atoms with van der Waals surface area (Å²) in [5, 5.41) is 10.6. The molecule has 1 aromatic carbocycles. The third-order valence-corrected chi connectivity index (χ3v) is 5.96. The number of methoxy groups -OCH3 is 1. The molecule has 0 bridgehead atoms. The fourth-order valence-electron chi connectivity index (χ4n) is 4.14. The number of hydrogen-bond acceptors (Lipinski definition) is 6. The lowest BCUT2D eigenvalue weighted by Crippen LogP contribution is -2.36. The smallest absolute Gasteiger partial charge is 0.230 e. The van der Waals surface area contributed by atoms with Crippen molar-refractivity contribution in [1.82, 2.24) is 20.8 Å². The van der Waals surface area contributed by atoms with Gasteiger partial charge in [-0.05, 0) is 75.4 Å². The molecular weight excluding hydrogens is 356 g/mol. The Morgan fingerprint density at radius 2 is 2.00 bits per heavy atom. The molecule has 1 amide bonds. The van der Waals surface area contributed by atoms with Gasteiger partial charge in [-0.25, -0.2) is 0 Å². The van der Waals surface area contributed by atoms with Gasteiger partial charge in [0.05, 0.1) is 7.11 Å². The third kappa shape index (κ3) is 4.35. The Kier molecular flexibility index (Phi) is 5.90. The minimum Gasteiger partial charge on any atom is -0.497 e. The van der Waals surface area contributed by atoms with Crippen LogP contribution in [0.2, 0.25) is 0 Å². The Labute approximate surface area is 165 Å². The van der Waals surface area contributed by atoms with Crippen LogP contribution in [0.25, 0.3) is 11.4 Å². The van der Waals surface area contributed by atoms with Gasteiger partial charge in [0.2, 0.25) is 17.6 Å². The van der Waals surface area contributed by atoms with Crippen molar-refractivity contribution in [3.8, 4) is 17.1 Å². The molecule has 0 spiro atoms. The van der Waals surface area contributed by atoms with Crippen LogP contribution in [0.15, 0.2) is 28.8 Å². The Morgan fingerprint density at radius 1 is 1.21 bits per heavy atom. The van der Waals surface area contributed by atoms with E-state index in [4.69, 9.17) is 9.26 Å². The molecule has 2 aromatic rings. The second-order valence-electron chi connectivity index (χ2n) is 7.84. The normalized spacial score (nSPS) is 24.8. The molecule has 4 rings (SSSR count). The van der Waals surface area contributed by atoms with Crippen molar-refractivity contribution in [2.24, 2.45) is 11.8 Å². The highest BCUT2D eigenvalue weighted by Crippen LogP contribution is 2.36. The summed E-state index contributed by atoms with van der Waals surface area (Å²) in [5.41, 5.74) is 0.908. The number of nitrogens with one attached hydrogen (secondary N) is 2. The van der Waals surface area contributed by atoms with Crippen LogP contribution in [-0.2, 0) is 4.79 Å². The van der Waals surface area contributed by atoms with Gasteiger partial charge >= 0.3 is 0 Å². The number of amides is 1. The zero-order valence-electron chi connectivity index (χ0n) is 16.3. The zero-order chi connectivity index (χ0) is 19.3. The van der Waals surface area contributed by atoms with E-state index in [1.807, 2.05) is 24.3 Å². The molecule has 7 nitrogen and oxygen atoms in total. The van der Waals surface area contributed by atoms with Gasteiger partial charge in [0, 0.05) is 23.9 Å². The summed E-state index contributed by atoms with van der Waals surface area (Å²) < 4.78 is 10.7. The van der Waals surface area contributed by atoms with Crippen molar-refractivity contribution in [2.75, 3.05) is 26.7 Å². The van der Waals surface area contributed by atoms with Gasteiger partial charge in [-0.2, -0.15) is 4.98 Å². The number of hydrogen-bond donors (Lipinski definition) is 2. The van der Waals surface area contributed by atoms with Crippen LogP contribution in [0.4, 0.5) is 0 Å². The van der Waals surface area contributed by atoms with Crippen LogP contribution >= 0.6 is 0 Å². The van der Waals surface area contributed by atoms with Crippen molar-refractivity contribution >= 4 is 5.91 Å². The summed E-state index contributed by atoms with van der Waals surface area (Å²) in [6.07, 6.45) is 4.72. The van der Waals surface area contributed by atoms with Crippen LogP contribution in [0.1, 0.15) is 43.9 Å². The number of carbonyl (C=O) groups is 1. The summed E-state index contributed by atoms with van der Waals surface area (Å²) in [5.74, 6) is 3.21. The van der Waals surface area contributed by atoms with Crippen LogP contribution in [-0.4, -0.2) is 42.8 Å². The number of rotatable bonds is 6. The molecule has 1 aliphatic carbocycles. The summed E-state index contributed by atoms with van der Waals surface area (Å²) >= 11 is 0. The first-order valence-corrected chi connectivity index (χ1v) is 10.2. The first kappa shape index (κ1) is 18.9. The fraction of sp³-hybridized carbons (Fsp3) is 0.571. The molecule has 1 aromatic heterocycles. The SMILES string of the molecule is COc1ccc(-c2noc(C3CCC(C(=O)NCC4CCNC4)CC3)n2)cc1. The van der Waals surface area contributed by atoms with Gasteiger partial charge in [0.25, 0.3) is 0 Å². The molecule has 28 heavy (non-hydrogen) atoms. The minimum atomic E-state index is 0.106. The van der Waals surface area contributed by atoms with Gasteiger partial charge in [0.15, 0.2) is 0 Å². The molecule has 1 unspecified atom stereocenters. The van der Waals surface area contributed by atoms with Crippen molar-refractivity contribution in [1.29, 1.82) is 0 Å². The summed E-state index contributed by atoms with van der Waals surface area (Å²) in [6.45, 7) is 2.87. The zero-order valence-corrected chi connectivity index (χ0v) is 16.3. The number of aromatic nitrogens is 2. The lowest BCUT2D eigenvalue weighted by Gasteiger charge is -2.26. The molecule has 1 atom stereocenters. The largest absolute Gasteiger partial charge is 0.497 e. The second kappa shape index (κ2) is 8.73. The number of benzene rings is 1. The van der Waals surface area contributed by atoms with E-state index in [0.29, 0.717) is 17.6 Å². The molecule has 2 aliphatic rings. The third-order valence-electron chi connectivity index (χ3n) is 5.96. The first-order valence-electron chi connectivity index (χ1n) is 10.2. The lowest BCUT2D eigenvalue weighted by atomic mass is 9.81. The Hall–Kier alpha value is -2.41. The molecule has 2 fully saturated rings. The first-order chi connectivity index (χ1) is 13.7. The van der Waals surface area contributed by atoms with Gasteiger partial charge < -0.3 is 19.9 Å². The molecule has 1 saturated carbocycles. The van der Waals surface area contributed by atoms with Crippen molar-refractivity contribution < 1.29 is 14.1 Å². The Bertz CT molecular complexity index is 775. The van der Waals surface area contributed by atoms with Gasteiger partial charge in [-0.1, -0.05) is 5.16 Å². The monoisotopic (exact) mass is 384 g/mol. The molecule has 0 radical (unpaired) electrons. The minimum absolute atomic E-state index is 0.106. The maximum absolute atomic E-state index is 12.4.